The van der Waals surface area contributed by atoms with Gasteiger partial charge in [-0.2, -0.15) is 0 Å². The maximum atomic E-state index is 13.1. The quantitative estimate of drug-likeness (QED) is 0.573. The van der Waals surface area contributed by atoms with Crippen molar-refractivity contribution in [3.05, 3.63) is 84.4 Å². The molecule has 1 aromatic heterocycles. The summed E-state index contributed by atoms with van der Waals surface area (Å²) in [7, 11) is 1.66. The first-order chi connectivity index (χ1) is 15.7. The summed E-state index contributed by atoms with van der Waals surface area (Å²) in [5.41, 5.74) is 3.32. The summed E-state index contributed by atoms with van der Waals surface area (Å²) in [6.45, 7) is 3.19. The molecule has 32 heavy (non-hydrogen) atoms. The lowest BCUT2D eigenvalue weighted by Crippen LogP contribution is -2.36. The Morgan fingerprint density at radius 3 is 2.56 bits per heavy atom. The third-order valence-corrected chi connectivity index (χ3v) is 5.97. The summed E-state index contributed by atoms with van der Waals surface area (Å²) in [4.78, 5) is 26.2. The van der Waals surface area contributed by atoms with Crippen molar-refractivity contribution in [1.29, 1.82) is 0 Å². The summed E-state index contributed by atoms with van der Waals surface area (Å²) in [5.74, 6) is 1.33. The van der Waals surface area contributed by atoms with Gasteiger partial charge in [0, 0.05) is 56.9 Å². The molecule has 3 aromatic rings. The van der Waals surface area contributed by atoms with Gasteiger partial charge in [-0.25, -0.2) is 0 Å². The van der Waals surface area contributed by atoms with Crippen molar-refractivity contribution in [2.75, 3.05) is 38.2 Å². The van der Waals surface area contributed by atoms with Gasteiger partial charge in [0.25, 0.3) is 0 Å². The van der Waals surface area contributed by atoms with Crippen molar-refractivity contribution in [3.63, 3.8) is 0 Å². The van der Waals surface area contributed by atoms with Crippen molar-refractivity contribution >= 4 is 11.6 Å². The van der Waals surface area contributed by atoms with Crippen LogP contribution < -0.4 is 9.64 Å². The molecule has 4 rings (SSSR count). The number of nitrogens with zero attached hydrogens (tertiary/aromatic N) is 4. The highest BCUT2D eigenvalue weighted by molar-refractivity contribution is 5.76. The number of benzene rings is 2. The fourth-order valence-electron chi connectivity index (χ4n) is 4.27. The summed E-state index contributed by atoms with van der Waals surface area (Å²) >= 11 is 0. The Labute approximate surface area is 189 Å². The highest BCUT2D eigenvalue weighted by Crippen LogP contribution is 2.21. The zero-order valence-corrected chi connectivity index (χ0v) is 18.6. The molecule has 1 atom stereocenters. The van der Waals surface area contributed by atoms with Gasteiger partial charge in [0.2, 0.25) is 5.91 Å². The molecule has 0 spiro atoms. The van der Waals surface area contributed by atoms with Gasteiger partial charge >= 0.3 is 0 Å². The van der Waals surface area contributed by atoms with Crippen molar-refractivity contribution in [2.45, 2.75) is 19.3 Å². The average molecular weight is 431 g/mol. The molecule has 0 radical (unpaired) electrons. The van der Waals surface area contributed by atoms with E-state index in [1.807, 2.05) is 41.4 Å². The number of amides is 1. The summed E-state index contributed by atoms with van der Waals surface area (Å²) in [6.07, 6.45) is 7.31. The molecule has 0 aliphatic carbocycles. The normalized spacial score (nSPS) is 16.5. The Morgan fingerprint density at radius 1 is 1.03 bits per heavy atom. The van der Waals surface area contributed by atoms with Gasteiger partial charge in [-0.3, -0.25) is 14.8 Å². The van der Waals surface area contributed by atoms with Crippen LogP contribution in [0.4, 0.5) is 5.69 Å². The lowest BCUT2D eigenvalue weighted by atomic mass is 10.0. The largest absolute Gasteiger partial charge is 0.497 e. The van der Waals surface area contributed by atoms with Crippen LogP contribution in [0.15, 0.2) is 73.2 Å². The predicted molar refractivity (Wildman–Crippen MR) is 126 cm³/mol. The fraction of sp³-hybridized carbons (Fsp3) is 0.346. The molecule has 0 unspecified atom stereocenters. The molecule has 1 aliphatic rings. The Morgan fingerprint density at radius 2 is 1.84 bits per heavy atom. The van der Waals surface area contributed by atoms with Gasteiger partial charge < -0.3 is 14.5 Å². The number of hydrogen-bond acceptors (Lipinski definition) is 5. The first-order valence-corrected chi connectivity index (χ1v) is 11.2. The van der Waals surface area contributed by atoms with Crippen molar-refractivity contribution in [1.82, 2.24) is 14.9 Å². The van der Waals surface area contributed by atoms with Crippen molar-refractivity contribution in [3.8, 4) is 5.75 Å². The van der Waals surface area contributed by atoms with Crippen LogP contribution in [-0.2, 0) is 17.6 Å². The lowest BCUT2D eigenvalue weighted by Gasteiger charge is -2.25. The minimum Gasteiger partial charge on any atom is -0.497 e. The molecule has 0 N–H and O–H groups in total. The van der Waals surface area contributed by atoms with Crippen LogP contribution in [0, 0.1) is 5.92 Å². The highest BCUT2D eigenvalue weighted by Gasteiger charge is 2.26. The van der Waals surface area contributed by atoms with E-state index < -0.39 is 0 Å². The van der Waals surface area contributed by atoms with Crippen LogP contribution in [0.3, 0.4) is 0 Å². The van der Waals surface area contributed by atoms with Gasteiger partial charge in [-0.15, -0.1) is 0 Å². The molecule has 0 bridgehead atoms. The van der Waals surface area contributed by atoms with Crippen LogP contribution in [0.1, 0.15) is 17.7 Å². The first kappa shape index (κ1) is 21.8. The molecular weight excluding hydrogens is 400 g/mol. The second-order valence-corrected chi connectivity index (χ2v) is 8.24. The molecule has 166 valence electrons. The van der Waals surface area contributed by atoms with Crippen LogP contribution in [0.5, 0.6) is 5.75 Å². The summed E-state index contributed by atoms with van der Waals surface area (Å²) in [5, 5.41) is 0. The van der Waals surface area contributed by atoms with E-state index in [1.54, 1.807) is 19.5 Å². The monoisotopic (exact) mass is 430 g/mol. The van der Waals surface area contributed by atoms with Crippen molar-refractivity contribution < 1.29 is 9.53 Å². The van der Waals surface area contributed by atoms with Crippen LogP contribution in [0.2, 0.25) is 0 Å². The second-order valence-electron chi connectivity index (χ2n) is 8.24. The van der Waals surface area contributed by atoms with Crippen molar-refractivity contribution in [2.24, 2.45) is 5.92 Å². The van der Waals surface area contributed by atoms with E-state index in [-0.39, 0.29) is 5.91 Å². The number of anilines is 1. The maximum Gasteiger partial charge on any atom is 0.222 e. The summed E-state index contributed by atoms with van der Waals surface area (Å²) < 4.78 is 5.22. The van der Waals surface area contributed by atoms with Gasteiger partial charge in [-0.05, 0) is 48.6 Å². The number of carbonyl (C=O) groups is 1. The molecule has 2 heterocycles. The Kier molecular flexibility index (Phi) is 7.33. The SMILES string of the molecule is COc1ccc(CCC(=O)N2CCN(c3ccccc3)C[C@H](Cc3cnccn3)C2)cc1. The Balaban J connectivity index is 1.44. The Hall–Kier alpha value is -3.41. The van der Waals surface area contributed by atoms with Gasteiger partial charge in [-0.1, -0.05) is 30.3 Å². The van der Waals surface area contributed by atoms with Crippen LogP contribution in [0.25, 0.3) is 0 Å². The first-order valence-electron chi connectivity index (χ1n) is 11.2. The molecule has 0 saturated carbocycles. The van der Waals surface area contributed by atoms with E-state index in [0.717, 1.165) is 56.0 Å². The van der Waals surface area contributed by atoms with Gasteiger partial charge in [0.1, 0.15) is 5.75 Å². The number of rotatable bonds is 7. The maximum absolute atomic E-state index is 13.1. The summed E-state index contributed by atoms with van der Waals surface area (Å²) in [6, 6.07) is 18.4. The number of aromatic nitrogens is 2. The lowest BCUT2D eigenvalue weighted by molar-refractivity contribution is -0.131. The van der Waals surface area contributed by atoms with E-state index in [1.165, 1.54) is 5.69 Å². The third-order valence-electron chi connectivity index (χ3n) is 5.97. The van der Waals surface area contributed by atoms with Crippen LogP contribution in [-0.4, -0.2) is 54.1 Å². The molecule has 1 amide bonds. The molecule has 2 aromatic carbocycles. The topological polar surface area (TPSA) is 58.6 Å². The van der Waals surface area contributed by atoms with E-state index in [4.69, 9.17) is 4.74 Å². The number of ether oxygens (including phenoxy) is 1. The van der Waals surface area contributed by atoms with E-state index in [0.29, 0.717) is 12.3 Å². The Bertz CT molecular complexity index is 980. The molecule has 1 fully saturated rings. The smallest absolute Gasteiger partial charge is 0.222 e. The highest BCUT2D eigenvalue weighted by atomic mass is 16.5. The zero-order valence-electron chi connectivity index (χ0n) is 18.6. The zero-order chi connectivity index (χ0) is 22.2. The number of aryl methyl sites for hydroxylation is 1. The molecular formula is C26H30N4O2. The number of carbonyl (C=O) groups excluding carboxylic acids is 1. The molecule has 6 heteroatoms. The van der Waals surface area contributed by atoms with Gasteiger partial charge in [0.05, 0.1) is 12.8 Å². The number of hydrogen-bond donors (Lipinski definition) is 0. The molecule has 1 aliphatic heterocycles. The average Bonchev–Trinajstić information content (AvgIpc) is 3.07. The third kappa shape index (κ3) is 5.84. The van der Waals surface area contributed by atoms with Gasteiger partial charge in [0.15, 0.2) is 0 Å². The molecule has 1 saturated heterocycles. The van der Waals surface area contributed by atoms with Crippen LogP contribution >= 0.6 is 0 Å². The standard InChI is InChI=1S/C26H30N4O2/c1-32-25-10-7-21(8-11-25)9-12-26(31)30-16-15-29(24-5-3-2-4-6-24)19-22(20-30)17-23-18-27-13-14-28-23/h2-8,10-11,13-14,18,22H,9,12,15-17,19-20H2,1H3/t22-/m0/s1. The molecule has 6 nitrogen and oxygen atoms in total. The second kappa shape index (κ2) is 10.8. The minimum atomic E-state index is 0.208. The number of methoxy groups -OCH3 is 1. The van der Waals surface area contributed by atoms with E-state index in [9.17, 15) is 4.79 Å². The van der Waals surface area contributed by atoms with E-state index in [2.05, 4.69) is 39.1 Å². The minimum absolute atomic E-state index is 0.208. The number of para-hydroxylation sites is 1. The predicted octanol–water partition coefficient (Wildman–Crippen LogP) is 3.63. The van der Waals surface area contributed by atoms with E-state index >= 15 is 0 Å². The fourth-order valence-corrected chi connectivity index (χ4v) is 4.27.